The van der Waals surface area contributed by atoms with Gasteiger partial charge in [-0.3, -0.25) is 14.5 Å². The van der Waals surface area contributed by atoms with Gasteiger partial charge in [0, 0.05) is 19.4 Å². The summed E-state index contributed by atoms with van der Waals surface area (Å²) in [5, 5.41) is 0. The summed E-state index contributed by atoms with van der Waals surface area (Å²) in [6.45, 7) is 1.77. The van der Waals surface area contributed by atoms with Crippen molar-refractivity contribution in [2.45, 2.75) is 13.3 Å². The zero-order chi connectivity index (χ0) is 7.02. The summed E-state index contributed by atoms with van der Waals surface area (Å²) in [5.74, 6) is -0.213. The van der Waals surface area contributed by atoms with E-state index in [-0.39, 0.29) is 17.7 Å². The Bertz CT molecular complexity index is 164. The second-order valence-electron chi connectivity index (χ2n) is 2.40. The van der Waals surface area contributed by atoms with Crippen LogP contribution in [-0.2, 0) is 9.59 Å². The van der Waals surface area contributed by atoms with Gasteiger partial charge in [0.2, 0.25) is 11.8 Å². The monoisotopic (exact) mass is 127 g/mol. The maximum atomic E-state index is 10.8. The zero-order valence-electron chi connectivity index (χ0n) is 5.55. The average molecular weight is 127 g/mol. The Kier molecular flexibility index (Phi) is 1.27. The minimum absolute atomic E-state index is 0.0556. The van der Waals surface area contributed by atoms with Gasteiger partial charge >= 0.3 is 0 Å². The van der Waals surface area contributed by atoms with Crippen LogP contribution in [0.3, 0.4) is 0 Å². The Labute approximate surface area is 53.6 Å². The fourth-order valence-corrected chi connectivity index (χ4v) is 0.940. The van der Waals surface area contributed by atoms with Crippen molar-refractivity contribution in [2.75, 3.05) is 7.05 Å². The number of hydrogen-bond acceptors (Lipinski definition) is 2. The van der Waals surface area contributed by atoms with Gasteiger partial charge in [0.15, 0.2) is 0 Å². The number of nitrogens with zero attached hydrogens (tertiary/aromatic N) is 1. The van der Waals surface area contributed by atoms with Crippen LogP contribution in [0.25, 0.3) is 0 Å². The first-order valence-electron chi connectivity index (χ1n) is 2.93. The second kappa shape index (κ2) is 1.83. The van der Waals surface area contributed by atoms with Crippen LogP contribution in [-0.4, -0.2) is 23.8 Å². The summed E-state index contributed by atoms with van der Waals surface area (Å²) in [5.41, 5.74) is 0. The van der Waals surface area contributed by atoms with E-state index in [2.05, 4.69) is 0 Å². The minimum Gasteiger partial charge on any atom is -0.286 e. The minimum atomic E-state index is -0.0949. The molecule has 50 valence electrons. The number of carbonyl (C=O) groups is 2. The quantitative estimate of drug-likeness (QED) is 0.430. The Morgan fingerprint density at radius 3 is 2.22 bits per heavy atom. The van der Waals surface area contributed by atoms with E-state index in [0.717, 1.165) is 0 Å². The normalized spacial score (nSPS) is 27.8. The Morgan fingerprint density at radius 1 is 1.56 bits per heavy atom. The molecule has 0 aromatic rings. The van der Waals surface area contributed by atoms with E-state index in [1.54, 1.807) is 6.92 Å². The van der Waals surface area contributed by atoms with Crippen molar-refractivity contribution in [3.05, 3.63) is 0 Å². The molecule has 0 N–H and O–H groups in total. The van der Waals surface area contributed by atoms with Crippen LogP contribution in [0.4, 0.5) is 0 Å². The largest absolute Gasteiger partial charge is 0.286 e. The third-order valence-corrected chi connectivity index (χ3v) is 1.61. The summed E-state index contributed by atoms with van der Waals surface area (Å²) in [6.07, 6.45) is 0.384. The SMILES string of the molecule is C[C@@H]1CC(=O)N(C)C1=O. The number of likely N-dealkylation sites (tertiary alicyclic amines) is 1. The first-order chi connectivity index (χ1) is 4.13. The molecule has 1 rings (SSSR count). The molecule has 1 aliphatic rings. The van der Waals surface area contributed by atoms with Gasteiger partial charge in [0.05, 0.1) is 0 Å². The van der Waals surface area contributed by atoms with E-state index < -0.39 is 0 Å². The van der Waals surface area contributed by atoms with E-state index >= 15 is 0 Å². The molecule has 0 spiro atoms. The summed E-state index contributed by atoms with van der Waals surface area (Å²) in [4.78, 5) is 22.7. The van der Waals surface area contributed by atoms with Crippen LogP contribution in [0.2, 0.25) is 0 Å². The molecule has 3 nitrogen and oxygen atoms in total. The molecule has 3 heteroatoms. The predicted molar refractivity (Wildman–Crippen MR) is 31.6 cm³/mol. The van der Waals surface area contributed by atoms with E-state index in [4.69, 9.17) is 0 Å². The smallest absolute Gasteiger partial charge is 0.232 e. The van der Waals surface area contributed by atoms with Crippen LogP contribution in [0.1, 0.15) is 13.3 Å². The lowest BCUT2D eigenvalue weighted by molar-refractivity contribution is -0.137. The highest BCUT2D eigenvalue weighted by Crippen LogP contribution is 2.15. The molecule has 0 aliphatic carbocycles. The summed E-state index contributed by atoms with van der Waals surface area (Å²) >= 11 is 0. The lowest BCUT2D eigenvalue weighted by atomic mass is 10.1. The third kappa shape index (κ3) is 0.823. The van der Waals surface area contributed by atoms with Crippen molar-refractivity contribution in [3.63, 3.8) is 0 Å². The number of carbonyl (C=O) groups excluding carboxylic acids is 2. The zero-order valence-corrected chi connectivity index (χ0v) is 5.55. The molecule has 1 fully saturated rings. The molecular weight excluding hydrogens is 118 g/mol. The molecule has 1 aliphatic heterocycles. The van der Waals surface area contributed by atoms with Gasteiger partial charge in [0.1, 0.15) is 0 Å². The lowest BCUT2D eigenvalue weighted by Crippen LogP contribution is -2.24. The predicted octanol–water partition coefficient (Wildman–Crippen LogP) is 0.0112. The highest BCUT2D eigenvalue weighted by atomic mass is 16.2. The fourth-order valence-electron chi connectivity index (χ4n) is 0.940. The van der Waals surface area contributed by atoms with Crippen molar-refractivity contribution >= 4 is 11.8 Å². The van der Waals surface area contributed by atoms with Gasteiger partial charge in [-0.2, -0.15) is 0 Å². The van der Waals surface area contributed by atoms with Gasteiger partial charge < -0.3 is 0 Å². The van der Waals surface area contributed by atoms with Gasteiger partial charge in [-0.05, 0) is 0 Å². The molecule has 0 radical (unpaired) electrons. The number of hydrogen-bond donors (Lipinski definition) is 0. The Morgan fingerprint density at radius 2 is 2.11 bits per heavy atom. The first-order valence-corrected chi connectivity index (χ1v) is 2.93. The molecule has 0 bridgehead atoms. The molecule has 2 amide bonds. The Hall–Kier alpha value is -0.860. The molecular formula is C6H9NO2. The van der Waals surface area contributed by atoms with Crippen molar-refractivity contribution in [3.8, 4) is 0 Å². The number of rotatable bonds is 0. The van der Waals surface area contributed by atoms with E-state index in [1.807, 2.05) is 0 Å². The molecule has 0 unspecified atom stereocenters. The Balaban J connectivity index is 2.77. The van der Waals surface area contributed by atoms with Crippen LogP contribution >= 0.6 is 0 Å². The molecule has 1 saturated heterocycles. The van der Waals surface area contributed by atoms with Gasteiger partial charge in [-0.25, -0.2) is 0 Å². The third-order valence-electron chi connectivity index (χ3n) is 1.61. The number of amides is 2. The topological polar surface area (TPSA) is 37.4 Å². The van der Waals surface area contributed by atoms with Crippen LogP contribution in [0.15, 0.2) is 0 Å². The first kappa shape index (κ1) is 6.26. The summed E-state index contributed by atoms with van der Waals surface area (Å²) < 4.78 is 0. The fraction of sp³-hybridized carbons (Fsp3) is 0.667. The molecule has 0 aromatic carbocycles. The van der Waals surface area contributed by atoms with Gasteiger partial charge in [0.25, 0.3) is 0 Å². The lowest BCUT2D eigenvalue weighted by Gasteiger charge is -2.03. The van der Waals surface area contributed by atoms with E-state index in [9.17, 15) is 9.59 Å². The highest BCUT2D eigenvalue weighted by Gasteiger charge is 2.32. The highest BCUT2D eigenvalue weighted by molar-refractivity contribution is 6.02. The molecule has 1 atom stereocenters. The molecule has 0 aromatic heterocycles. The maximum absolute atomic E-state index is 10.8. The van der Waals surface area contributed by atoms with E-state index in [0.29, 0.717) is 6.42 Å². The second-order valence-corrected chi connectivity index (χ2v) is 2.40. The molecule has 1 heterocycles. The van der Waals surface area contributed by atoms with Crippen molar-refractivity contribution in [1.82, 2.24) is 4.90 Å². The maximum Gasteiger partial charge on any atom is 0.232 e. The van der Waals surface area contributed by atoms with Crippen molar-refractivity contribution in [2.24, 2.45) is 5.92 Å². The molecule has 9 heavy (non-hydrogen) atoms. The summed E-state index contributed by atoms with van der Waals surface area (Å²) in [7, 11) is 1.52. The van der Waals surface area contributed by atoms with Crippen LogP contribution in [0, 0.1) is 5.92 Å². The summed E-state index contributed by atoms with van der Waals surface area (Å²) in [6, 6.07) is 0. The van der Waals surface area contributed by atoms with Crippen LogP contribution in [0.5, 0.6) is 0 Å². The van der Waals surface area contributed by atoms with Crippen LogP contribution < -0.4 is 0 Å². The van der Waals surface area contributed by atoms with Crippen molar-refractivity contribution in [1.29, 1.82) is 0 Å². The number of imide groups is 1. The average Bonchev–Trinajstić information content (AvgIpc) is 1.98. The van der Waals surface area contributed by atoms with Gasteiger partial charge in [-0.1, -0.05) is 6.92 Å². The molecule has 0 saturated carbocycles. The van der Waals surface area contributed by atoms with E-state index in [1.165, 1.54) is 11.9 Å². The standard InChI is InChI=1S/C6H9NO2/c1-4-3-5(8)7(2)6(4)9/h4H,3H2,1-2H3/t4-/m1/s1. The van der Waals surface area contributed by atoms with Gasteiger partial charge in [-0.15, -0.1) is 0 Å². The van der Waals surface area contributed by atoms with Crippen molar-refractivity contribution < 1.29 is 9.59 Å².